The van der Waals surface area contributed by atoms with E-state index in [2.05, 4.69) is 5.32 Å². The molecule has 0 aliphatic rings. The second kappa shape index (κ2) is 11.0. The van der Waals surface area contributed by atoms with Crippen molar-refractivity contribution in [2.45, 2.75) is 25.2 Å². The standard InChI is InChI=1S/C22H31N3O4S/c1-5-29-20-11-9-19(10-12-20)25(17-22(26)23-15-6-16-24(3)4)30(27,28)21-13-7-18(2)8-14-21/h7-14H,5-6,15-17H2,1-4H3,(H,23,26). The number of nitrogens with one attached hydrogen (secondary N) is 1. The molecule has 0 fully saturated rings. The maximum atomic E-state index is 13.3. The Balaban J connectivity index is 2.25. The zero-order valence-electron chi connectivity index (χ0n) is 18.1. The van der Waals surface area contributed by atoms with Gasteiger partial charge in [-0.3, -0.25) is 9.10 Å². The normalized spacial score (nSPS) is 11.4. The van der Waals surface area contributed by atoms with E-state index in [4.69, 9.17) is 4.74 Å². The summed E-state index contributed by atoms with van der Waals surface area (Å²) in [6, 6.07) is 13.3. The first-order valence-corrected chi connectivity index (χ1v) is 11.4. The Morgan fingerprint density at radius 2 is 1.67 bits per heavy atom. The Bertz CT molecular complexity index is 910. The number of anilines is 1. The second-order valence-electron chi connectivity index (χ2n) is 7.26. The Hall–Kier alpha value is -2.58. The third-order valence-corrected chi connectivity index (χ3v) is 6.22. The van der Waals surface area contributed by atoms with Crippen LogP contribution < -0.4 is 14.4 Å². The minimum Gasteiger partial charge on any atom is -0.494 e. The van der Waals surface area contributed by atoms with Crippen LogP contribution in [0.5, 0.6) is 5.75 Å². The summed E-state index contributed by atoms with van der Waals surface area (Å²) in [4.78, 5) is 14.7. The Labute approximate surface area is 179 Å². The molecule has 8 heteroatoms. The van der Waals surface area contributed by atoms with E-state index in [-0.39, 0.29) is 17.3 Å². The predicted octanol–water partition coefficient (Wildman–Crippen LogP) is 2.66. The van der Waals surface area contributed by atoms with Gasteiger partial charge in [-0.05, 0) is 77.3 Å². The van der Waals surface area contributed by atoms with Crippen LogP contribution in [0.25, 0.3) is 0 Å². The lowest BCUT2D eigenvalue weighted by Gasteiger charge is -2.24. The van der Waals surface area contributed by atoms with E-state index in [1.807, 2.05) is 32.8 Å². The number of carbonyl (C=O) groups is 1. The van der Waals surface area contributed by atoms with Gasteiger partial charge >= 0.3 is 0 Å². The number of benzene rings is 2. The molecule has 0 saturated heterocycles. The summed E-state index contributed by atoms with van der Waals surface area (Å²) in [6.07, 6.45) is 0.784. The molecule has 0 spiro atoms. The van der Waals surface area contributed by atoms with Crippen LogP contribution in [0, 0.1) is 6.92 Å². The summed E-state index contributed by atoms with van der Waals surface area (Å²) < 4.78 is 33.2. The number of hydrogen-bond acceptors (Lipinski definition) is 5. The maximum absolute atomic E-state index is 13.3. The van der Waals surface area contributed by atoms with Crippen molar-refractivity contribution >= 4 is 21.6 Å². The SMILES string of the molecule is CCOc1ccc(N(CC(=O)NCCCN(C)C)S(=O)(=O)c2ccc(C)cc2)cc1. The summed E-state index contributed by atoms with van der Waals surface area (Å²) >= 11 is 0. The lowest BCUT2D eigenvalue weighted by molar-refractivity contribution is -0.119. The van der Waals surface area contributed by atoms with Gasteiger partial charge < -0.3 is 15.0 Å². The van der Waals surface area contributed by atoms with Crippen molar-refractivity contribution in [3.05, 3.63) is 54.1 Å². The first-order chi connectivity index (χ1) is 14.2. The van der Waals surface area contributed by atoms with Crippen LogP contribution in [0.1, 0.15) is 18.9 Å². The molecule has 0 saturated carbocycles. The molecule has 0 radical (unpaired) electrons. The predicted molar refractivity (Wildman–Crippen MR) is 120 cm³/mol. The van der Waals surface area contributed by atoms with Crippen molar-refractivity contribution < 1.29 is 17.9 Å². The zero-order valence-corrected chi connectivity index (χ0v) is 18.9. The van der Waals surface area contributed by atoms with E-state index in [1.54, 1.807) is 48.5 Å². The number of ether oxygens (including phenoxy) is 1. The smallest absolute Gasteiger partial charge is 0.264 e. The van der Waals surface area contributed by atoms with Crippen LogP contribution >= 0.6 is 0 Å². The topological polar surface area (TPSA) is 79.0 Å². The third-order valence-electron chi connectivity index (χ3n) is 4.44. The first kappa shape index (κ1) is 23.7. The number of hydrogen-bond donors (Lipinski definition) is 1. The van der Waals surface area contributed by atoms with Crippen molar-refractivity contribution in [1.29, 1.82) is 0 Å². The lowest BCUT2D eigenvalue weighted by Crippen LogP contribution is -2.41. The van der Waals surface area contributed by atoms with Crippen LogP contribution in [0.3, 0.4) is 0 Å². The van der Waals surface area contributed by atoms with Crippen LogP contribution in [0.15, 0.2) is 53.4 Å². The molecule has 1 amide bonds. The third kappa shape index (κ3) is 6.74. The van der Waals surface area contributed by atoms with E-state index in [0.717, 1.165) is 22.8 Å². The minimum absolute atomic E-state index is 0.141. The molecule has 164 valence electrons. The summed E-state index contributed by atoms with van der Waals surface area (Å²) in [5, 5.41) is 2.81. The van der Waals surface area contributed by atoms with Crippen molar-refractivity contribution in [2.75, 3.05) is 44.6 Å². The quantitative estimate of drug-likeness (QED) is 0.551. The number of rotatable bonds is 11. The van der Waals surface area contributed by atoms with E-state index in [9.17, 15) is 13.2 Å². The molecule has 30 heavy (non-hydrogen) atoms. The van der Waals surface area contributed by atoms with Crippen molar-refractivity contribution in [1.82, 2.24) is 10.2 Å². The van der Waals surface area contributed by atoms with Gasteiger partial charge in [-0.25, -0.2) is 8.42 Å². The van der Waals surface area contributed by atoms with Crippen molar-refractivity contribution in [3.63, 3.8) is 0 Å². The van der Waals surface area contributed by atoms with Gasteiger partial charge in [0, 0.05) is 6.54 Å². The van der Waals surface area contributed by atoms with Crippen LogP contribution in [0.2, 0.25) is 0 Å². The molecule has 0 heterocycles. The average Bonchev–Trinajstić information content (AvgIpc) is 2.70. The molecule has 0 aromatic heterocycles. The average molecular weight is 434 g/mol. The molecule has 0 bridgehead atoms. The number of carbonyl (C=O) groups excluding carboxylic acids is 1. The zero-order chi connectivity index (χ0) is 22.1. The number of amides is 1. The number of aryl methyl sites for hydroxylation is 1. The molecule has 0 aliphatic carbocycles. The van der Waals surface area contributed by atoms with Crippen LogP contribution in [0.4, 0.5) is 5.69 Å². The number of sulfonamides is 1. The maximum Gasteiger partial charge on any atom is 0.264 e. The summed E-state index contributed by atoms with van der Waals surface area (Å²) in [6.45, 7) is 5.31. The monoisotopic (exact) mass is 433 g/mol. The molecular weight excluding hydrogens is 402 g/mol. The fourth-order valence-corrected chi connectivity index (χ4v) is 4.26. The molecular formula is C22H31N3O4S. The van der Waals surface area contributed by atoms with Crippen molar-refractivity contribution in [2.24, 2.45) is 0 Å². The van der Waals surface area contributed by atoms with Gasteiger partial charge in [-0.15, -0.1) is 0 Å². The fraction of sp³-hybridized carbons (Fsp3) is 0.409. The summed E-state index contributed by atoms with van der Waals surface area (Å²) in [5.41, 5.74) is 1.36. The minimum atomic E-state index is -3.91. The van der Waals surface area contributed by atoms with Gasteiger partial charge in [0.25, 0.3) is 10.0 Å². The fourth-order valence-electron chi connectivity index (χ4n) is 2.84. The highest BCUT2D eigenvalue weighted by Gasteiger charge is 2.27. The highest BCUT2D eigenvalue weighted by molar-refractivity contribution is 7.92. The molecule has 7 nitrogen and oxygen atoms in total. The molecule has 1 N–H and O–H groups in total. The first-order valence-electron chi connectivity index (χ1n) is 9.97. The van der Waals surface area contributed by atoms with Gasteiger partial charge in [0.15, 0.2) is 0 Å². The van der Waals surface area contributed by atoms with Gasteiger partial charge in [0.1, 0.15) is 12.3 Å². The molecule has 0 aliphatic heterocycles. The van der Waals surface area contributed by atoms with Crippen molar-refractivity contribution in [3.8, 4) is 5.75 Å². The molecule has 2 aromatic rings. The summed E-state index contributed by atoms with van der Waals surface area (Å²) in [7, 11) is 0.0122. The largest absolute Gasteiger partial charge is 0.494 e. The van der Waals surface area contributed by atoms with Crippen LogP contribution in [-0.2, 0) is 14.8 Å². The van der Waals surface area contributed by atoms with Crippen LogP contribution in [-0.4, -0.2) is 59.6 Å². The summed E-state index contributed by atoms with van der Waals surface area (Å²) in [5.74, 6) is 0.292. The highest BCUT2D eigenvalue weighted by atomic mass is 32.2. The van der Waals surface area contributed by atoms with E-state index >= 15 is 0 Å². The van der Waals surface area contributed by atoms with Gasteiger partial charge in [-0.1, -0.05) is 17.7 Å². The van der Waals surface area contributed by atoms with Gasteiger partial charge in [-0.2, -0.15) is 0 Å². The van der Waals surface area contributed by atoms with E-state index in [0.29, 0.717) is 24.6 Å². The highest BCUT2D eigenvalue weighted by Crippen LogP contribution is 2.26. The Morgan fingerprint density at radius 1 is 1.03 bits per heavy atom. The Morgan fingerprint density at radius 3 is 2.23 bits per heavy atom. The lowest BCUT2D eigenvalue weighted by atomic mass is 10.2. The molecule has 0 atom stereocenters. The van der Waals surface area contributed by atoms with E-state index < -0.39 is 10.0 Å². The van der Waals surface area contributed by atoms with E-state index in [1.165, 1.54) is 0 Å². The second-order valence-corrected chi connectivity index (χ2v) is 9.12. The Kier molecular flexibility index (Phi) is 8.68. The molecule has 2 rings (SSSR count). The molecule has 2 aromatic carbocycles. The van der Waals surface area contributed by atoms with Gasteiger partial charge in [0.2, 0.25) is 5.91 Å². The number of nitrogens with zero attached hydrogens (tertiary/aromatic N) is 2. The van der Waals surface area contributed by atoms with Gasteiger partial charge in [0.05, 0.1) is 17.2 Å². The molecule has 0 unspecified atom stereocenters.